The summed E-state index contributed by atoms with van der Waals surface area (Å²) in [6, 6.07) is -0.0698. The molecule has 2 nitrogen and oxygen atoms in total. The van der Waals surface area contributed by atoms with Crippen molar-refractivity contribution in [3.63, 3.8) is 0 Å². The minimum Gasteiger partial charge on any atom is -0.322 e. The first kappa shape index (κ1) is 16.3. The average Bonchev–Trinajstić information content (AvgIpc) is 2.49. The second-order valence-corrected chi connectivity index (χ2v) is 4.58. The molecule has 2 aromatic rings. The van der Waals surface area contributed by atoms with Gasteiger partial charge in [-0.1, -0.05) is 12.1 Å². The van der Waals surface area contributed by atoms with Crippen LogP contribution in [0.3, 0.4) is 0 Å². The van der Waals surface area contributed by atoms with E-state index in [2.05, 4.69) is 0 Å². The third kappa shape index (κ3) is 2.67. The monoisotopic (exact) mass is 320 g/mol. The molecule has 0 amide bonds. The minimum absolute atomic E-state index is 0.518. The SMILES string of the molecule is NC(c1ccc(F)c(F)c1F)C(N)c1ccc(F)c(F)c1F. The van der Waals surface area contributed by atoms with Crippen molar-refractivity contribution >= 4 is 0 Å². The fraction of sp³-hybridized carbons (Fsp3) is 0.143. The summed E-state index contributed by atoms with van der Waals surface area (Å²) in [6.07, 6.45) is 0. The minimum atomic E-state index is -1.76. The Morgan fingerprint density at radius 3 is 1.18 bits per heavy atom. The Bertz CT molecular complexity index is 657. The van der Waals surface area contributed by atoms with E-state index < -0.39 is 58.1 Å². The van der Waals surface area contributed by atoms with E-state index in [-0.39, 0.29) is 0 Å². The summed E-state index contributed by atoms with van der Waals surface area (Å²) in [6.45, 7) is 0. The molecule has 0 spiro atoms. The predicted octanol–water partition coefficient (Wildman–Crippen LogP) is 3.22. The largest absolute Gasteiger partial charge is 0.322 e. The van der Waals surface area contributed by atoms with Crippen molar-refractivity contribution in [1.82, 2.24) is 0 Å². The fourth-order valence-corrected chi connectivity index (χ4v) is 1.98. The van der Waals surface area contributed by atoms with Gasteiger partial charge in [0.05, 0.1) is 12.1 Å². The molecule has 0 aliphatic carbocycles. The van der Waals surface area contributed by atoms with Crippen molar-refractivity contribution < 1.29 is 26.3 Å². The zero-order valence-corrected chi connectivity index (χ0v) is 10.9. The second kappa shape index (κ2) is 5.98. The number of hydrogen-bond acceptors (Lipinski definition) is 2. The summed E-state index contributed by atoms with van der Waals surface area (Å²) >= 11 is 0. The fourth-order valence-electron chi connectivity index (χ4n) is 1.98. The van der Waals surface area contributed by atoms with Gasteiger partial charge in [-0.2, -0.15) is 0 Å². The van der Waals surface area contributed by atoms with Crippen molar-refractivity contribution in [2.45, 2.75) is 12.1 Å². The maximum Gasteiger partial charge on any atom is 0.194 e. The highest BCUT2D eigenvalue weighted by Crippen LogP contribution is 2.30. The Morgan fingerprint density at radius 1 is 0.545 bits per heavy atom. The van der Waals surface area contributed by atoms with Gasteiger partial charge in [0.15, 0.2) is 34.9 Å². The molecular weight excluding hydrogens is 310 g/mol. The molecule has 0 heterocycles. The van der Waals surface area contributed by atoms with Crippen molar-refractivity contribution in [3.8, 4) is 0 Å². The van der Waals surface area contributed by atoms with Gasteiger partial charge in [0, 0.05) is 11.1 Å². The molecule has 2 atom stereocenters. The molecule has 0 radical (unpaired) electrons. The number of nitrogens with two attached hydrogens (primary N) is 2. The van der Waals surface area contributed by atoms with Crippen LogP contribution in [0.4, 0.5) is 26.3 Å². The summed E-state index contributed by atoms with van der Waals surface area (Å²) in [5, 5.41) is 0. The van der Waals surface area contributed by atoms with Gasteiger partial charge in [-0.05, 0) is 12.1 Å². The molecule has 0 aromatic heterocycles. The molecule has 0 aliphatic heterocycles. The molecule has 0 aliphatic rings. The van der Waals surface area contributed by atoms with Crippen molar-refractivity contribution in [2.75, 3.05) is 0 Å². The van der Waals surface area contributed by atoms with Gasteiger partial charge in [-0.3, -0.25) is 0 Å². The van der Waals surface area contributed by atoms with Crippen LogP contribution in [-0.4, -0.2) is 0 Å². The van der Waals surface area contributed by atoms with Crippen LogP contribution in [0.1, 0.15) is 23.2 Å². The predicted molar refractivity (Wildman–Crippen MR) is 66.5 cm³/mol. The van der Waals surface area contributed by atoms with E-state index in [0.717, 1.165) is 12.1 Å². The van der Waals surface area contributed by atoms with Crippen LogP contribution in [0, 0.1) is 34.9 Å². The van der Waals surface area contributed by atoms with Crippen LogP contribution in [0.25, 0.3) is 0 Å². The van der Waals surface area contributed by atoms with Gasteiger partial charge in [0.25, 0.3) is 0 Å². The quantitative estimate of drug-likeness (QED) is 0.674. The van der Waals surface area contributed by atoms with E-state index in [1.807, 2.05) is 0 Å². The normalized spacial score (nSPS) is 14.0. The van der Waals surface area contributed by atoms with E-state index in [4.69, 9.17) is 11.5 Å². The molecule has 0 fully saturated rings. The van der Waals surface area contributed by atoms with E-state index >= 15 is 0 Å². The lowest BCUT2D eigenvalue weighted by Gasteiger charge is -2.22. The van der Waals surface area contributed by atoms with E-state index in [9.17, 15) is 26.3 Å². The Labute approximate surface area is 121 Å². The van der Waals surface area contributed by atoms with Crippen LogP contribution in [0.15, 0.2) is 24.3 Å². The zero-order valence-electron chi connectivity index (χ0n) is 10.9. The summed E-state index contributed by atoms with van der Waals surface area (Å²) in [4.78, 5) is 0. The number of halogens is 6. The molecule has 0 saturated heterocycles. The van der Waals surface area contributed by atoms with Crippen molar-refractivity contribution in [1.29, 1.82) is 0 Å². The van der Waals surface area contributed by atoms with Gasteiger partial charge >= 0.3 is 0 Å². The third-order valence-electron chi connectivity index (χ3n) is 3.24. The Morgan fingerprint density at radius 2 is 0.864 bits per heavy atom. The molecule has 2 aromatic carbocycles. The smallest absolute Gasteiger partial charge is 0.194 e. The zero-order chi connectivity index (χ0) is 16.6. The lowest BCUT2D eigenvalue weighted by atomic mass is 9.93. The first-order valence-corrected chi connectivity index (χ1v) is 6.03. The van der Waals surface area contributed by atoms with Crippen molar-refractivity contribution in [3.05, 3.63) is 70.3 Å². The number of rotatable bonds is 3. The van der Waals surface area contributed by atoms with E-state index in [1.54, 1.807) is 0 Å². The molecular formula is C14H10F6N2. The molecule has 2 unspecified atom stereocenters. The molecule has 8 heteroatoms. The lowest BCUT2D eigenvalue weighted by molar-refractivity contribution is 0.414. The van der Waals surface area contributed by atoms with Crippen LogP contribution in [0.2, 0.25) is 0 Å². The lowest BCUT2D eigenvalue weighted by Crippen LogP contribution is -2.29. The Balaban J connectivity index is 2.44. The van der Waals surface area contributed by atoms with Gasteiger partial charge in [-0.25, -0.2) is 26.3 Å². The Kier molecular flexibility index (Phi) is 4.43. The first-order valence-electron chi connectivity index (χ1n) is 6.03. The first-order chi connectivity index (χ1) is 10.3. The summed E-state index contributed by atoms with van der Waals surface area (Å²) in [7, 11) is 0. The number of benzene rings is 2. The Hall–Kier alpha value is -2.06. The maximum absolute atomic E-state index is 13.7. The van der Waals surface area contributed by atoms with E-state index in [1.165, 1.54) is 0 Å². The van der Waals surface area contributed by atoms with Gasteiger partial charge in [-0.15, -0.1) is 0 Å². The molecule has 2 rings (SSSR count). The number of hydrogen-bond donors (Lipinski definition) is 2. The van der Waals surface area contributed by atoms with Gasteiger partial charge < -0.3 is 11.5 Å². The standard InChI is InChI=1S/C14H10F6N2/c15-7-3-1-5(9(17)11(7)19)13(21)14(22)6-2-4-8(16)12(20)10(6)18/h1-4,13-14H,21-22H2. The molecule has 0 bridgehead atoms. The van der Waals surface area contributed by atoms with Gasteiger partial charge in [0.2, 0.25) is 0 Å². The van der Waals surface area contributed by atoms with Crippen LogP contribution >= 0.6 is 0 Å². The summed E-state index contributed by atoms with van der Waals surface area (Å²) in [5.74, 6) is -9.53. The highest BCUT2D eigenvalue weighted by atomic mass is 19.2. The highest BCUT2D eigenvalue weighted by molar-refractivity contribution is 5.30. The van der Waals surface area contributed by atoms with Crippen molar-refractivity contribution in [2.24, 2.45) is 11.5 Å². The van der Waals surface area contributed by atoms with E-state index in [0.29, 0.717) is 12.1 Å². The maximum atomic E-state index is 13.7. The molecule has 4 N–H and O–H groups in total. The molecule has 0 saturated carbocycles. The van der Waals surface area contributed by atoms with Gasteiger partial charge in [0.1, 0.15) is 0 Å². The summed E-state index contributed by atoms with van der Waals surface area (Å²) in [5.41, 5.74) is 10.2. The highest BCUT2D eigenvalue weighted by Gasteiger charge is 2.27. The third-order valence-corrected chi connectivity index (χ3v) is 3.24. The van der Waals surface area contributed by atoms with Crippen LogP contribution in [-0.2, 0) is 0 Å². The van der Waals surface area contributed by atoms with Crippen LogP contribution in [0.5, 0.6) is 0 Å². The molecule has 118 valence electrons. The van der Waals surface area contributed by atoms with Crippen LogP contribution < -0.4 is 11.5 Å². The summed E-state index contributed by atoms with van der Waals surface area (Å²) < 4.78 is 79.4. The average molecular weight is 320 g/mol. The topological polar surface area (TPSA) is 52.0 Å². The second-order valence-electron chi connectivity index (χ2n) is 4.58. The molecule has 22 heavy (non-hydrogen) atoms.